The van der Waals surface area contributed by atoms with E-state index in [0.717, 1.165) is 32.0 Å². The third-order valence-corrected chi connectivity index (χ3v) is 3.94. The van der Waals surface area contributed by atoms with Crippen LogP contribution >= 0.6 is 0 Å². The summed E-state index contributed by atoms with van der Waals surface area (Å²) in [4.78, 5) is 31.1. The molecule has 2 N–H and O–H groups in total. The first-order valence-corrected chi connectivity index (χ1v) is 7.78. The predicted octanol–water partition coefficient (Wildman–Crippen LogP) is -0.0475. The number of hydrogen-bond acceptors (Lipinski definition) is 6. The van der Waals surface area contributed by atoms with E-state index in [2.05, 4.69) is 20.5 Å². The Hall–Kier alpha value is -2.35. The van der Waals surface area contributed by atoms with E-state index in [0.29, 0.717) is 18.8 Å². The van der Waals surface area contributed by atoms with Gasteiger partial charge in [-0.05, 0) is 12.1 Å². The van der Waals surface area contributed by atoms with Crippen LogP contribution < -0.4 is 20.4 Å². The third-order valence-electron chi connectivity index (χ3n) is 3.94. The molecule has 0 saturated carbocycles. The molecule has 8 nitrogen and oxygen atoms in total. The molecular formula is C15H21N5O3. The third kappa shape index (κ3) is 3.70. The molecule has 1 aromatic heterocycles. The number of carbonyl (C=O) groups is 2. The molecule has 124 valence electrons. The van der Waals surface area contributed by atoms with Crippen LogP contribution in [0.5, 0.6) is 0 Å². The number of ether oxygens (including phenoxy) is 1. The monoisotopic (exact) mass is 319 g/mol. The van der Waals surface area contributed by atoms with Gasteiger partial charge in [0, 0.05) is 33.1 Å². The van der Waals surface area contributed by atoms with Crippen LogP contribution in [0, 0.1) is 0 Å². The van der Waals surface area contributed by atoms with Gasteiger partial charge in [0.2, 0.25) is 5.91 Å². The number of pyridine rings is 1. The van der Waals surface area contributed by atoms with E-state index in [-0.39, 0.29) is 12.0 Å². The number of amides is 2. The Kier molecular flexibility index (Phi) is 4.61. The lowest BCUT2D eigenvalue weighted by Gasteiger charge is -2.28. The van der Waals surface area contributed by atoms with E-state index in [1.54, 1.807) is 11.1 Å². The largest absolute Gasteiger partial charge is 0.442 e. The SMILES string of the molecule is CC(=O)NC[C@H]1CN(c2ccc(N3CCNCC3)nc2)C(=O)O1. The first kappa shape index (κ1) is 15.5. The average Bonchev–Trinajstić information content (AvgIpc) is 2.95. The molecule has 1 aromatic rings. The summed E-state index contributed by atoms with van der Waals surface area (Å²) < 4.78 is 5.25. The normalized spacial score (nSPS) is 21.3. The van der Waals surface area contributed by atoms with Gasteiger partial charge in [-0.15, -0.1) is 0 Å². The van der Waals surface area contributed by atoms with Gasteiger partial charge >= 0.3 is 6.09 Å². The van der Waals surface area contributed by atoms with Crippen LogP contribution in [-0.4, -0.2) is 62.4 Å². The highest BCUT2D eigenvalue weighted by molar-refractivity contribution is 5.89. The molecular weight excluding hydrogens is 298 g/mol. The second kappa shape index (κ2) is 6.82. The van der Waals surface area contributed by atoms with E-state index in [1.807, 2.05) is 12.1 Å². The van der Waals surface area contributed by atoms with Gasteiger partial charge in [-0.25, -0.2) is 9.78 Å². The lowest BCUT2D eigenvalue weighted by molar-refractivity contribution is -0.119. The molecule has 2 aliphatic heterocycles. The lowest BCUT2D eigenvalue weighted by atomic mass is 10.3. The van der Waals surface area contributed by atoms with Gasteiger partial charge in [0.15, 0.2) is 0 Å². The van der Waals surface area contributed by atoms with Crippen LogP contribution in [0.1, 0.15) is 6.92 Å². The average molecular weight is 319 g/mol. The fourth-order valence-corrected chi connectivity index (χ4v) is 2.72. The van der Waals surface area contributed by atoms with Crippen molar-refractivity contribution in [1.82, 2.24) is 15.6 Å². The summed E-state index contributed by atoms with van der Waals surface area (Å²) in [6.07, 6.45) is 0.954. The van der Waals surface area contributed by atoms with E-state index in [9.17, 15) is 9.59 Å². The van der Waals surface area contributed by atoms with Crippen LogP contribution in [0.25, 0.3) is 0 Å². The molecule has 0 spiro atoms. The van der Waals surface area contributed by atoms with Gasteiger partial charge in [-0.2, -0.15) is 0 Å². The number of rotatable bonds is 4. The van der Waals surface area contributed by atoms with E-state index >= 15 is 0 Å². The van der Waals surface area contributed by atoms with Crippen molar-refractivity contribution in [1.29, 1.82) is 0 Å². The minimum absolute atomic E-state index is 0.137. The fraction of sp³-hybridized carbons (Fsp3) is 0.533. The predicted molar refractivity (Wildman–Crippen MR) is 85.6 cm³/mol. The second-order valence-corrected chi connectivity index (χ2v) is 5.67. The molecule has 23 heavy (non-hydrogen) atoms. The van der Waals surface area contributed by atoms with Crippen molar-refractivity contribution < 1.29 is 14.3 Å². The maximum atomic E-state index is 12.0. The van der Waals surface area contributed by atoms with Gasteiger partial charge < -0.3 is 20.3 Å². The van der Waals surface area contributed by atoms with Crippen molar-refractivity contribution in [2.45, 2.75) is 13.0 Å². The van der Waals surface area contributed by atoms with Gasteiger partial charge in [0.25, 0.3) is 0 Å². The summed E-state index contributed by atoms with van der Waals surface area (Å²) in [6.45, 7) is 5.93. The molecule has 8 heteroatoms. The minimum Gasteiger partial charge on any atom is -0.442 e. The zero-order valence-electron chi connectivity index (χ0n) is 13.1. The first-order chi connectivity index (χ1) is 11.1. The minimum atomic E-state index is -0.405. The summed E-state index contributed by atoms with van der Waals surface area (Å²) in [7, 11) is 0. The molecule has 2 saturated heterocycles. The zero-order chi connectivity index (χ0) is 16.2. The van der Waals surface area contributed by atoms with Gasteiger partial charge in [0.05, 0.1) is 25.0 Å². The second-order valence-electron chi connectivity index (χ2n) is 5.67. The Labute approximate surface area is 134 Å². The van der Waals surface area contributed by atoms with Crippen molar-refractivity contribution in [3.8, 4) is 0 Å². The van der Waals surface area contributed by atoms with Crippen molar-refractivity contribution in [2.24, 2.45) is 0 Å². The highest BCUT2D eigenvalue weighted by atomic mass is 16.6. The van der Waals surface area contributed by atoms with Crippen LogP contribution in [0.4, 0.5) is 16.3 Å². The van der Waals surface area contributed by atoms with Crippen LogP contribution in [-0.2, 0) is 9.53 Å². The molecule has 0 aliphatic carbocycles. The van der Waals surface area contributed by atoms with Gasteiger partial charge in [-0.3, -0.25) is 9.69 Å². The Bertz CT molecular complexity index is 571. The molecule has 2 aliphatic rings. The Morgan fingerprint density at radius 2 is 2.22 bits per heavy atom. The van der Waals surface area contributed by atoms with E-state index < -0.39 is 6.09 Å². The molecule has 2 amide bonds. The van der Waals surface area contributed by atoms with Crippen LogP contribution in [0.15, 0.2) is 18.3 Å². The molecule has 3 rings (SSSR count). The van der Waals surface area contributed by atoms with Crippen molar-refractivity contribution >= 4 is 23.5 Å². The Balaban J connectivity index is 1.62. The smallest absolute Gasteiger partial charge is 0.414 e. The number of nitrogens with zero attached hydrogens (tertiary/aromatic N) is 3. The maximum Gasteiger partial charge on any atom is 0.414 e. The van der Waals surface area contributed by atoms with Crippen molar-refractivity contribution in [3.05, 3.63) is 18.3 Å². The van der Waals surface area contributed by atoms with Gasteiger partial charge in [0.1, 0.15) is 11.9 Å². The summed E-state index contributed by atoms with van der Waals surface area (Å²) in [5.41, 5.74) is 0.708. The number of cyclic esters (lactones) is 1. The molecule has 0 aromatic carbocycles. The molecule has 0 unspecified atom stereocenters. The van der Waals surface area contributed by atoms with Crippen LogP contribution in [0.2, 0.25) is 0 Å². The topological polar surface area (TPSA) is 86.8 Å². The maximum absolute atomic E-state index is 12.0. The molecule has 3 heterocycles. The molecule has 0 radical (unpaired) electrons. The summed E-state index contributed by atoms with van der Waals surface area (Å²) in [6, 6.07) is 3.81. The summed E-state index contributed by atoms with van der Waals surface area (Å²) in [5.74, 6) is 0.777. The quantitative estimate of drug-likeness (QED) is 0.809. The zero-order valence-corrected chi connectivity index (χ0v) is 13.1. The standard InChI is InChI=1S/C15H21N5O3/c1-11(21)17-9-13-10-20(15(22)23-13)12-2-3-14(18-8-12)19-6-4-16-5-7-19/h2-3,8,13,16H,4-7,9-10H2,1H3,(H,17,21)/t13-/m0/s1. The molecule has 2 fully saturated rings. The summed E-state index contributed by atoms with van der Waals surface area (Å²) in [5, 5.41) is 5.96. The van der Waals surface area contributed by atoms with Crippen molar-refractivity contribution in [2.75, 3.05) is 49.1 Å². The lowest BCUT2D eigenvalue weighted by Crippen LogP contribution is -2.43. The summed E-state index contributed by atoms with van der Waals surface area (Å²) >= 11 is 0. The highest BCUT2D eigenvalue weighted by Gasteiger charge is 2.32. The number of piperazine rings is 1. The number of aromatic nitrogens is 1. The fourth-order valence-electron chi connectivity index (χ4n) is 2.72. The van der Waals surface area contributed by atoms with Gasteiger partial charge in [-0.1, -0.05) is 0 Å². The van der Waals surface area contributed by atoms with Crippen LogP contribution in [0.3, 0.4) is 0 Å². The molecule has 0 bridgehead atoms. The van der Waals surface area contributed by atoms with E-state index in [1.165, 1.54) is 6.92 Å². The number of hydrogen-bond donors (Lipinski definition) is 2. The first-order valence-electron chi connectivity index (χ1n) is 7.78. The molecule has 1 atom stereocenters. The van der Waals surface area contributed by atoms with Crippen molar-refractivity contribution in [3.63, 3.8) is 0 Å². The number of nitrogens with one attached hydrogen (secondary N) is 2. The number of anilines is 2. The Morgan fingerprint density at radius 3 is 2.87 bits per heavy atom. The van der Waals surface area contributed by atoms with E-state index in [4.69, 9.17) is 4.74 Å². The highest BCUT2D eigenvalue weighted by Crippen LogP contribution is 2.23. The number of carbonyl (C=O) groups excluding carboxylic acids is 2. The Morgan fingerprint density at radius 1 is 1.43 bits per heavy atom.